The molecule has 9 heteroatoms. The van der Waals surface area contributed by atoms with Crippen molar-refractivity contribution in [1.29, 1.82) is 0 Å². The summed E-state index contributed by atoms with van der Waals surface area (Å²) in [5, 5.41) is 0. The van der Waals surface area contributed by atoms with Gasteiger partial charge in [-0.3, -0.25) is 4.79 Å². The van der Waals surface area contributed by atoms with E-state index < -0.39 is 12.6 Å². The molecule has 0 amide bonds. The fourth-order valence-corrected chi connectivity index (χ4v) is 3.47. The Morgan fingerprint density at radius 3 is 2.65 bits per heavy atom. The van der Waals surface area contributed by atoms with Gasteiger partial charge in [0.15, 0.2) is 0 Å². The van der Waals surface area contributed by atoms with Crippen LogP contribution in [0, 0.1) is 9.62 Å². The van der Waals surface area contributed by atoms with Gasteiger partial charge in [0.1, 0.15) is 9.52 Å². The van der Waals surface area contributed by atoms with Crippen LogP contribution in [0.3, 0.4) is 0 Å². The number of unbranched alkanes of at least 4 members (excludes halogenated alkanes) is 1. The van der Waals surface area contributed by atoms with Crippen molar-refractivity contribution in [2.45, 2.75) is 51.6 Å². The second-order valence-corrected chi connectivity index (χ2v) is 7.32. The van der Waals surface area contributed by atoms with Gasteiger partial charge in [0, 0.05) is 19.5 Å². The van der Waals surface area contributed by atoms with Crippen molar-refractivity contribution in [3.63, 3.8) is 0 Å². The molecular weight excluding hydrogens is 462 g/mol. The summed E-state index contributed by atoms with van der Waals surface area (Å²) in [4.78, 5) is 22.8. The first kappa shape index (κ1) is 21.2. The normalized spacial score (nSPS) is 16.0. The van der Waals surface area contributed by atoms with E-state index in [1.54, 1.807) is 13.1 Å². The third kappa shape index (κ3) is 6.55. The third-order valence-electron chi connectivity index (χ3n) is 4.34. The zero-order chi connectivity index (χ0) is 19.2. The van der Waals surface area contributed by atoms with Gasteiger partial charge in [0.05, 0.1) is 24.4 Å². The Kier molecular flexibility index (Phi) is 7.90. The monoisotopic (exact) mass is 485 g/mol. The fourth-order valence-electron chi connectivity index (χ4n) is 2.94. The summed E-state index contributed by atoms with van der Waals surface area (Å²) in [7, 11) is 0. The molecule has 2 heterocycles. The molecule has 0 radical (unpaired) electrons. The summed E-state index contributed by atoms with van der Waals surface area (Å²) in [6.45, 7) is 3.56. The Hall–Kier alpha value is -1.13. The summed E-state index contributed by atoms with van der Waals surface area (Å²) in [5.74, 6) is 0.495. The molecule has 1 aliphatic rings. The van der Waals surface area contributed by atoms with Crippen molar-refractivity contribution in [2.75, 3.05) is 24.6 Å². The number of rotatable bonds is 7. The summed E-state index contributed by atoms with van der Waals surface area (Å²) in [6, 6.07) is 0. The Labute approximate surface area is 164 Å². The molecule has 26 heavy (non-hydrogen) atoms. The summed E-state index contributed by atoms with van der Waals surface area (Å²) < 4.78 is 42.5. The van der Waals surface area contributed by atoms with Gasteiger partial charge < -0.3 is 9.64 Å². The van der Waals surface area contributed by atoms with E-state index in [-0.39, 0.29) is 18.3 Å². The van der Waals surface area contributed by atoms with Gasteiger partial charge in [-0.15, -0.1) is 0 Å². The maximum absolute atomic E-state index is 12.2. The van der Waals surface area contributed by atoms with Crippen LogP contribution in [0.5, 0.6) is 0 Å². The maximum Gasteiger partial charge on any atom is 0.389 e. The molecule has 5 nitrogen and oxygen atoms in total. The predicted octanol–water partition coefficient (Wildman–Crippen LogP) is 4.14. The lowest BCUT2D eigenvalue weighted by molar-refractivity contribution is -0.148. The van der Waals surface area contributed by atoms with Gasteiger partial charge >= 0.3 is 12.1 Å². The number of halogens is 4. The van der Waals surface area contributed by atoms with E-state index in [9.17, 15) is 18.0 Å². The molecular formula is C17H23F3IN3O2. The van der Waals surface area contributed by atoms with E-state index in [0.29, 0.717) is 45.4 Å². The van der Waals surface area contributed by atoms with Gasteiger partial charge in [-0.2, -0.15) is 13.2 Å². The number of carbonyl (C=O) groups excluding carboxylic acids is 1. The molecule has 0 N–H and O–H groups in total. The molecule has 1 aliphatic heterocycles. The first-order valence-electron chi connectivity index (χ1n) is 8.80. The lowest BCUT2D eigenvalue weighted by Gasteiger charge is -2.31. The predicted molar refractivity (Wildman–Crippen MR) is 99.9 cm³/mol. The van der Waals surface area contributed by atoms with Crippen molar-refractivity contribution in [2.24, 2.45) is 5.92 Å². The number of anilines is 1. The molecule has 0 atom stereocenters. The summed E-state index contributed by atoms with van der Waals surface area (Å²) in [6.07, 6.45) is -0.780. The zero-order valence-corrected chi connectivity index (χ0v) is 16.8. The second-order valence-electron chi connectivity index (χ2n) is 6.30. The van der Waals surface area contributed by atoms with E-state index in [0.717, 1.165) is 15.2 Å². The van der Waals surface area contributed by atoms with E-state index in [2.05, 4.69) is 37.5 Å². The van der Waals surface area contributed by atoms with Crippen molar-refractivity contribution >= 4 is 34.4 Å². The number of esters is 1. The number of carbonyl (C=O) groups is 1. The lowest BCUT2D eigenvalue weighted by Crippen LogP contribution is -2.37. The topological polar surface area (TPSA) is 55.3 Å². The van der Waals surface area contributed by atoms with Crippen LogP contribution in [0.2, 0.25) is 0 Å². The van der Waals surface area contributed by atoms with Crippen LogP contribution in [-0.2, 0) is 16.0 Å². The average Bonchev–Trinajstić information content (AvgIpc) is 2.59. The van der Waals surface area contributed by atoms with Crippen molar-refractivity contribution in [1.82, 2.24) is 9.97 Å². The smallest absolute Gasteiger partial charge is 0.389 e. The van der Waals surface area contributed by atoms with Crippen LogP contribution in [0.4, 0.5) is 19.0 Å². The molecule has 0 bridgehead atoms. The van der Waals surface area contributed by atoms with Crippen molar-refractivity contribution in [3.8, 4) is 0 Å². The Bertz CT molecular complexity index is 605. The van der Waals surface area contributed by atoms with Gasteiger partial charge in [0.25, 0.3) is 0 Å². The molecule has 0 unspecified atom stereocenters. The molecule has 0 aromatic carbocycles. The average molecular weight is 485 g/mol. The maximum atomic E-state index is 12.2. The van der Waals surface area contributed by atoms with Gasteiger partial charge in [0.2, 0.25) is 0 Å². The Morgan fingerprint density at radius 2 is 2.04 bits per heavy atom. The molecule has 2 rings (SSSR count). The minimum absolute atomic E-state index is 0.0788. The molecule has 1 saturated heterocycles. The standard InChI is InChI=1S/C17H23F3IN3O2/c1-2-26-16(25)12-6-9-24(10-7-12)14-11-22-15(21)13(23-14)5-3-4-8-17(18,19)20/h11-12H,2-10H2,1H3. The number of aromatic nitrogens is 2. The molecule has 1 aromatic heterocycles. The number of piperidine rings is 1. The summed E-state index contributed by atoms with van der Waals surface area (Å²) >= 11 is 2.06. The van der Waals surface area contributed by atoms with Crippen LogP contribution >= 0.6 is 22.6 Å². The molecule has 146 valence electrons. The molecule has 0 saturated carbocycles. The first-order chi connectivity index (χ1) is 12.3. The highest BCUT2D eigenvalue weighted by Crippen LogP contribution is 2.25. The van der Waals surface area contributed by atoms with E-state index in [4.69, 9.17) is 4.74 Å². The van der Waals surface area contributed by atoms with E-state index in [1.165, 1.54) is 0 Å². The van der Waals surface area contributed by atoms with Crippen LogP contribution < -0.4 is 4.90 Å². The lowest BCUT2D eigenvalue weighted by atomic mass is 9.97. The first-order valence-corrected chi connectivity index (χ1v) is 9.87. The van der Waals surface area contributed by atoms with Gasteiger partial charge in [-0.25, -0.2) is 9.97 Å². The third-order valence-corrected chi connectivity index (χ3v) is 5.24. The molecule has 1 fully saturated rings. The SMILES string of the molecule is CCOC(=O)C1CCN(c2cnc(I)c(CCCCC(F)(F)F)n2)CC1. The summed E-state index contributed by atoms with van der Waals surface area (Å²) in [5.41, 5.74) is 0.734. The van der Waals surface area contributed by atoms with Crippen LogP contribution in [0.15, 0.2) is 6.20 Å². The number of aryl methyl sites for hydroxylation is 1. The van der Waals surface area contributed by atoms with E-state index in [1.807, 2.05) is 0 Å². The minimum Gasteiger partial charge on any atom is -0.466 e. The highest BCUT2D eigenvalue weighted by atomic mass is 127. The second kappa shape index (κ2) is 9.70. The molecule has 0 aliphatic carbocycles. The fraction of sp³-hybridized carbons (Fsp3) is 0.706. The van der Waals surface area contributed by atoms with Crippen LogP contribution in [0.1, 0.15) is 44.7 Å². The van der Waals surface area contributed by atoms with E-state index >= 15 is 0 Å². The highest BCUT2D eigenvalue weighted by molar-refractivity contribution is 14.1. The van der Waals surface area contributed by atoms with Gasteiger partial charge in [-0.05, 0) is 61.6 Å². The highest BCUT2D eigenvalue weighted by Gasteiger charge is 2.27. The molecule has 1 aromatic rings. The van der Waals surface area contributed by atoms with Crippen molar-refractivity contribution < 1.29 is 22.7 Å². The Morgan fingerprint density at radius 1 is 1.35 bits per heavy atom. The zero-order valence-electron chi connectivity index (χ0n) is 14.7. The molecule has 0 spiro atoms. The van der Waals surface area contributed by atoms with Crippen LogP contribution in [-0.4, -0.2) is 41.8 Å². The number of ether oxygens (including phenoxy) is 1. The number of hydrogen-bond donors (Lipinski definition) is 0. The number of alkyl halides is 3. The largest absolute Gasteiger partial charge is 0.466 e. The van der Waals surface area contributed by atoms with Crippen LogP contribution in [0.25, 0.3) is 0 Å². The quantitative estimate of drug-likeness (QED) is 0.330. The minimum atomic E-state index is -4.11. The number of nitrogens with zero attached hydrogens (tertiary/aromatic N) is 3. The van der Waals surface area contributed by atoms with Crippen molar-refractivity contribution in [3.05, 3.63) is 15.6 Å². The van der Waals surface area contributed by atoms with Gasteiger partial charge in [-0.1, -0.05) is 0 Å². The Balaban J connectivity index is 1.90. The number of hydrogen-bond acceptors (Lipinski definition) is 5.